The summed E-state index contributed by atoms with van der Waals surface area (Å²) in [5.74, 6) is 0.566. The van der Waals surface area contributed by atoms with Gasteiger partial charge in [-0.25, -0.2) is 0 Å². The molecule has 1 nitrogen and oxygen atoms in total. The van der Waals surface area contributed by atoms with Crippen LogP contribution in [0.15, 0.2) is 46.9 Å². The summed E-state index contributed by atoms with van der Waals surface area (Å²) >= 11 is 9.46. The minimum absolute atomic E-state index is 0.0430. The van der Waals surface area contributed by atoms with E-state index in [-0.39, 0.29) is 5.78 Å². The summed E-state index contributed by atoms with van der Waals surface area (Å²) in [6.45, 7) is 4.36. The molecule has 20 heavy (non-hydrogen) atoms. The Balaban J connectivity index is 2.25. The van der Waals surface area contributed by atoms with Crippen LogP contribution < -0.4 is 0 Å². The van der Waals surface area contributed by atoms with Gasteiger partial charge in [-0.15, -0.1) is 0 Å². The molecule has 0 atom stereocenters. The second-order valence-corrected chi connectivity index (χ2v) is 6.57. The van der Waals surface area contributed by atoms with Crippen LogP contribution >= 0.6 is 27.5 Å². The van der Waals surface area contributed by atoms with Gasteiger partial charge in [0.15, 0.2) is 5.78 Å². The molecule has 2 aromatic carbocycles. The second kappa shape index (κ2) is 6.55. The first-order chi connectivity index (χ1) is 9.47. The fraction of sp³-hybridized carbons (Fsp3) is 0.235. The molecule has 0 fully saturated rings. The Morgan fingerprint density at radius 1 is 1.15 bits per heavy atom. The Morgan fingerprint density at radius 3 is 2.35 bits per heavy atom. The third-order valence-corrected chi connectivity index (χ3v) is 3.84. The van der Waals surface area contributed by atoms with Gasteiger partial charge in [-0.2, -0.15) is 0 Å². The summed E-state index contributed by atoms with van der Waals surface area (Å²) in [5.41, 5.74) is 2.45. The fourth-order valence-electron chi connectivity index (χ4n) is 2.09. The Morgan fingerprint density at radius 2 is 1.80 bits per heavy atom. The van der Waals surface area contributed by atoms with Crippen LogP contribution in [0.5, 0.6) is 0 Å². The predicted octanol–water partition coefficient (Wildman–Crippen LogP) is 5.53. The number of hydrogen-bond donors (Lipinski definition) is 0. The van der Waals surface area contributed by atoms with Crippen molar-refractivity contribution in [3.63, 3.8) is 0 Å². The smallest absolute Gasteiger partial charge is 0.194 e. The van der Waals surface area contributed by atoms with Gasteiger partial charge < -0.3 is 0 Å². The molecule has 0 amide bonds. The highest BCUT2D eigenvalue weighted by Gasteiger charge is 2.13. The Bertz CT molecular complexity index is 617. The number of ketones is 1. The average Bonchev–Trinajstić information content (AvgIpc) is 2.38. The molecule has 0 aliphatic carbocycles. The van der Waals surface area contributed by atoms with E-state index in [0.29, 0.717) is 22.1 Å². The summed E-state index contributed by atoms with van der Waals surface area (Å²) in [4.78, 5) is 12.4. The van der Waals surface area contributed by atoms with Gasteiger partial charge in [0.1, 0.15) is 0 Å². The van der Waals surface area contributed by atoms with Crippen molar-refractivity contribution >= 4 is 33.3 Å². The number of hydrogen-bond acceptors (Lipinski definition) is 1. The zero-order valence-electron chi connectivity index (χ0n) is 11.5. The van der Waals surface area contributed by atoms with Crippen molar-refractivity contribution in [2.24, 2.45) is 5.92 Å². The molecule has 2 rings (SSSR count). The topological polar surface area (TPSA) is 17.1 Å². The first-order valence-electron chi connectivity index (χ1n) is 6.56. The zero-order chi connectivity index (χ0) is 14.7. The molecular weight excluding hydrogens is 336 g/mol. The van der Waals surface area contributed by atoms with E-state index in [1.807, 2.05) is 30.3 Å². The molecule has 0 aromatic heterocycles. The van der Waals surface area contributed by atoms with Crippen molar-refractivity contribution < 1.29 is 4.79 Å². The quantitative estimate of drug-likeness (QED) is 0.662. The monoisotopic (exact) mass is 350 g/mol. The van der Waals surface area contributed by atoms with Crippen LogP contribution in [-0.4, -0.2) is 5.78 Å². The molecular formula is C17H16BrClO. The van der Waals surface area contributed by atoms with E-state index in [9.17, 15) is 4.79 Å². The van der Waals surface area contributed by atoms with E-state index in [4.69, 9.17) is 11.6 Å². The van der Waals surface area contributed by atoms with Crippen molar-refractivity contribution in [2.75, 3.05) is 0 Å². The largest absolute Gasteiger partial charge is 0.289 e. The van der Waals surface area contributed by atoms with Gasteiger partial charge in [0.2, 0.25) is 0 Å². The number of benzene rings is 2. The van der Waals surface area contributed by atoms with Crippen molar-refractivity contribution in [3.8, 4) is 0 Å². The molecule has 0 aliphatic heterocycles. The summed E-state index contributed by atoms with van der Waals surface area (Å²) in [6, 6.07) is 13.1. The highest BCUT2D eigenvalue weighted by atomic mass is 79.9. The van der Waals surface area contributed by atoms with E-state index >= 15 is 0 Å². The maximum Gasteiger partial charge on any atom is 0.194 e. The molecule has 0 spiro atoms. The first kappa shape index (κ1) is 15.3. The van der Waals surface area contributed by atoms with Crippen LogP contribution in [-0.2, 0) is 6.42 Å². The van der Waals surface area contributed by atoms with Gasteiger partial charge in [-0.3, -0.25) is 4.79 Å². The maximum atomic E-state index is 12.4. The van der Waals surface area contributed by atoms with E-state index < -0.39 is 0 Å². The molecule has 3 heteroatoms. The van der Waals surface area contributed by atoms with E-state index in [1.165, 1.54) is 5.56 Å². The van der Waals surface area contributed by atoms with Gasteiger partial charge in [0.05, 0.1) is 5.02 Å². The maximum absolute atomic E-state index is 12.4. The molecule has 0 radical (unpaired) electrons. The molecule has 0 saturated carbocycles. The third-order valence-electron chi connectivity index (χ3n) is 3.04. The van der Waals surface area contributed by atoms with Crippen LogP contribution in [0.3, 0.4) is 0 Å². The molecule has 104 valence electrons. The average molecular weight is 352 g/mol. The van der Waals surface area contributed by atoms with Crippen LogP contribution in [0.4, 0.5) is 0 Å². The molecule has 0 N–H and O–H groups in total. The molecule has 2 aromatic rings. The number of halogens is 2. The van der Waals surface area contributed by atoms with Gasteiger partial charge in [0.25, 0.3) is 0 Å². The van der Waals surface area contributed by atoms with Crippen LogP contribution in [0.2, 0.25) is 5.02 Å². The highest BCUT2D eigenvalue weighted by Crippen LogP contribution is 2.24. The predicted molar refractivity (Wildman–Crippen MR) is 87.6 cm³/mol. The molecule has 0 saturated heterocycles. The second-order valence-electron chi connectivity index (χ2n) is 5.25. The summed E-state index contributed by atoms with van der Waals surface area (Å²) in [5, 5.41) is 0.468. The lowest BCUT2D eigenvalue weighted by Gasteiger charge is -2.07. The normalized spacial score (nSPS) is 10.8. The Kier molecular flexibility index (Phi) is 5.00. The third kappa shape index (κ3) is 3.71. The van der Waals surface area contributed by atoms with Gasteiger partial charge in [0, 0.05) is 15.6 Å². The molecule has 0 bridgehead atoms. The Hall–Kier alpha value is -1.12. The lowest BCUT2D eigenvalue weighted by Crippen LogP contribution is -2.03. The molecule has 0 unspecified atom stereocenters. The number of carbonyl (C=O) groups is 1. The lowest BCUT2D eigenvalue weighted by molar-refractivity contribution is 0.103. The Labute approximate surface area is 133 Å². The van der Waals surface area contributed by atoms with Crippen molar-refractivity contribution in [3.05, 3.63) is 68.7 Å². The minimum atomic E-state index is -0.0430. The molecule has 0 heterocycles. The van der Waals surface area contributed by atoms with Crippen LogP contribution in [0.25, 0.3) is 0 Å². The van der Waals surface area contributed by atoms with Crippen molar-refractivity contribution in [1.82, 2.24) is 0 Å². The zero-order valence-corrected chi connectivity index (χ0v) is 13.8. The SMILES string of the molecule is CC(C)Cc1ccc(C(=O)c2ccc(Br)cc2Cl)cc1. The van der Waals surface area contributed by atoms with Gasteiger partial charge >= 0.3 is 0 Å². The number of rotatable bonds is 4. The van der Waals surface area contributed by atoms with Crippen molar-refractivity contribution in [1.29, 1.82) is 0 Å². The van der Waals surface area contributed by atoms with Gasteiger partial charge in [-0.1, -0.05) is 65.6 Å². The fourth-order valence-corrected chi connectivity index (χ4v) is 2.85. The lowest BCUT2D eigenvalue weighted by atomic mass is 9.98. The van der Waals surface area contributed by atoms with Gasteiger partial charge in [-0.05, 0) is 36.1 Å². The van der Waals surface area contributed by atoms with E-state index in [0.717, 1.165) is 10.9 Å². The van der Waals surface area contributed by atoms with Crippen molar-refractivity contribution in [2.45, 2.75) is 20.3 Å². The van der Waals surface area contributed by atoms with Crippen LogP contribution in [0, 0.1) is 5.92 Å². The summed E-state index contributed by atoms with van der Waals surface area (Å²) in [7, 11) is 0. The standard InChI is InChI=1S/C17H16BrClO/c1-11(2)9-12-3-5-13(6-4-12)17(20)15-8-7-14(18)10-16(15)19/h3-8,10-11H,9H2,1-2H3. The van der Waals surface area contributed by atoms with E-state index in [1.54, 1.807) is 12.1 Å². The van der Waals surface area contributed by atoms with Crippen LogP contribution in [0.1, 0.15) is 35.3 Å². The summed E-state index contributed by atoms with van der Waals surface area (Å²) in [6.07, 6.45) is 1.02. The summed E-state index contributed by atoms with van der Waals surface area (Å²) < 4.78 is 0.867. The highest BCUT2D eigenvalue weighted by molar-refractivity contribution is 9.10. The minimum Gasteiger partial charge on any atom is -0.289 e. The first-order valence-corrected chi connectivity index (χ1v) is 7.73. The molecule has 0 aliphatic rings. The number of carbonyl (C=O) groups excluding carboxylic acids is 1. The van der Waals surface area contributed by atoms with E-state index in [2.05, 4.69) is 29.8 Å².